The Labute approximate surface area is 131 Å². The van der Waals surface area contributed by atoms with E-state index in [1.165, 1.54) is 0 Å². The molecule has 2 bridgehead atoms. The summed E-state index contributed by atoms with van der Waals surface area (Å²) in [7, 11) is 0. The fraction of sp³-hybridized carbons (Fsp3) is 0.556. The van der Waals surface area contributed by atoms with Gasteiger partial charge in [-0.05, 0) is 44.7 Å². The van der Waals surface area contributed by atoms with E-state index in [1.807, 2.05) is 31.2 Å². The van der Waals surface area contributed by atoms with Crippen LogP contribution in [0.5, 0.6) is 5.75 Å². The molecule has 4 nitrogen and oxygen atoms in total. The zero-order valence-corrected chi connectivity index (χ0v) is 13.0. The number of hydrogen-bond acceptors (Lipinski definition) is 3. The second-order valence-corrected chi connectivity index (χ2v) is 6.31. The van der Waals surface area contributed by atoms with E-state index < -0.39 is 0 Å². The summed E-state index contributed by atoms with van der Waals surface area (Å²) >= 11 is 0. The fourth-order valence-corrected chi connectivity index (χ4v) is 3.78. The molecule has 1 amide bonds. The first kappa shape index (κ1) is 15.1. The van der Waals surface area contributed by atoms with E-state index in [9.17, 15) is 9.59 Å². The largest absolute Gasteiger partial charge is 0.492 e. The van der Waals surface area contributed by atoms with E-state index >= 15 is 0 Å². The van der Waals surface area contributed by atoms with E-state index in [4.69, 9.17) is 4.74 Å². The first-order valence-electron chi connectivity index (χ1n) is 8.25. The molecule has 0 heterocycles. The standard InChI is InChI=1S/C18H23NO3/c1-2-22-16-9-4-3-8-15(16)19-18(21)14-10-12-6-5-7-13(11-14)17(12)20/h3-4,8-9,12-14H,2,5-7,10-11H2,1H3,(H,19,21)/t12-,13-/m0/s1. The lowest BCUT2D eigenvalue weighted by molar-refractivity contribution is -0.136. The predicted molar refractivity (Wildman–Crippen MR) is 84.8 cm³/mol. The van der Waals surface area contributed by atoms with Gasteiger partial charge in [-0.15, -0.1) is 0 Å². The van der Waals surface area contributed by atoms with Crippen LogP contribution >= 0.6 is 0 Å². The lowest BCUT2D eigenvalue weighted by Crippen LogP contribution is -2.40. The molecule has 1 aromatic carbocycles. The lowest BCUT2D eigenvalue weighted by Gasteiger charge is -2.37. The third kappa shape index (κ3) is 3.01. The SMILES string of the molecule is CCOc1ccccc1NC(=O)C1C[C@@H]2CCC[C@@H](C1)C2=O. The minimum absolute atomic E-state index is 0.0246. The maximum Gasteiger partial charge on any atom is 0.227 e. The van der Waals surface area contributed by atoms with Crippen LogP contribution < -0.4 is 10.1 Å². The van der Waals surface area contributed by atoms with Crippen molar-refractivity contribution in [2.75, 3.05) is 11.9 Å². The van der Waals surface area contributed by atoms with Gasteiger partial charge in [0.05, 0.1) is 12.3 Å². The number of fused-ring (bicyclic) bond motifs is 2. The van der Waals surface area contributed by atoms with E-state index in [0.29, 0.717) is 31.0 Å². The maximum atomic E-state index is 12.6. The molecule has 22 heavy (non-hydrogen) atoms. The van der Waals surface area contributed by atoms with Gasteiger partial charge in [0.2, 0.25) is 5.91 Å². The third-order valence-corrected chi connectivity index (χ3v) is 4.86. The molecule has 0 spiro atoms. The van der Waals surface area contributed by atoms with Gasteiger partial charge in [-0.3, -0.25) is 9.59 Å². The Morgan fingerprint density at radius 1 is 1.23 bits per heavy atom. The Hall–Kier alpha value is -1.84. The molecule has 2 atom stereocenters. The average Bonchev–Trinajstić information content (AvgIpc) is 2.49. The van der Waals surface area contributed by atoms with Crippen LogP contribution in [0.2, 0.25) is 0 Å². The molecular weight excluding hydrogens is 278 g/mol. The molecule has 2 aliphatic carbocycles. The monoisotopic (exact) mass is 301 g/mol. The van der Waals surface area contributed by atoms with Crippen LogP contribution in [-0.2, 0) is 9.59 Å². The Bertz CT molecular complexity index is 553. The summed E-state index contributed by atoms with van der Waals surface area (Å²) in [6, 6.07) is 7.50. The predicted octanol–water partition coefficient (Wildman–Crippen LogP) is 3.42. The number of nitrogens with one attached hydrogen (secondary N) is 1. The van der Waals surface area contributed by atoms with Gasteiger partial charge in [-0.1, -0.05) is 18.6 Å². The third-order valence-electron chi connectivity index (χ3n) is 4.86. The van der Waals surface area contributed by atoms with Crippen LogP contribution in [0.3, 0.4) is 0 Å². The van der Waals surface area contributed by atoms with Crippen molar-refractivity contribution in [2.45, 2.75) is 39.0 Å². The highest BCUT2D eigenvalue weighted by Crippen LogP contribution is 2.40. The van der Waals surface area contributed by atoms with E-state index in [2.05, 4.69) is 5.32 Å². The number of rotatable bonds is 4. The van der Waals surface area contributed by atoms with Crippen molar-refractivity contribution in [1.29, 1.82) is 0 Å². The van der Waals surface area contributed by atoms with Crippen molar-refractivity contribution in [3.05, 3.63) is 24.3 Å². The molecule has 2 saturated carbocycles. The van der Waals surface area contributed by atoms with Gasteiger partial charge in [0.1, 0.15) is 11.5 Å². The molecule has 0 aliphatic heterocycles. The van der Waals surface area contributed by atoms with Crippen molar-refractivity contribution < 1.29 is 14.3 Å². The van der Waals surface area contributed by atoms with Gasteiger partial charge in [0, 0.05) is 17.8 Å². The number of para-hydroxylation sites is 2. The summed E-state index contributed by atoms with van der Waals surface area (Å²) in [5.41, 5.74) is 0.719. The molecule has 4 heteroatoms. The van der Waals surface area contributed by atoms with Gasteiger partial charge in [0.15, 0.2) is 0 Å². The molecule has 3 rings (SSSR count). The molecule has 2 fully saturated rings. The summed E-state index contributed by atoms with van der Waals surface area (Å²) in [4.78, 5) is 24.7. The van der Waals surface area contributed by atoms with Crippen LogP contribution in [0.1, 0.15) is 39.0 Å². The highest BCUT2D eigenvalue weighted by molar-refractivity contribution is 5.96. The van der Waals surface area contributed by atoms with E-state index in [1.54, 1.807) is 0 Å². The lowest BCUT2D eigenvalue weighted by atomic mass is 9.67. The minimum atomic E-state index is -0.0531. The highest BCUT2D eigenvalue weighted by Gasteiger charge is 2.41. The fourth-order valence-electron chi connectivity index (χ4n) is 3.78. The number of anilines is 1. The summed E-state index contributed by atoms with van der Waals surface area (Å²) in [6.07, 6.45) is 4.45. The molecule has 1 aromatic rings. The van der Waals surface area contributed by atoms with Crippen molar-refractivity contribution in [3.8, 4) is 5.75 Å². The topological polar surface area (TPSA) is 55.4 Å². The van der Waals surface area contributed by atoms with Crippen LogP contribution in [0, 0.1) is 17.8 Å². The van der Waals surface area contributed by atoms with Crippen molar-refractivity contribution in [3.63, 3.8) is 0 Å². The first-order valence-corrected chi connectivity index (χ1v) is 8.25. The van der Waals surface area contributed by atoms with Crippen molar-refractivity contribution in [2.24, 2.45) is 17.8 Å². The maximum absolute atomic E-state index is 12.6. The molecule has 1 N–H and O–H groups in total. The Morgan fingerprint density at radius 2 is 1.91 bits per heavy atom. The van der Waals surface area contributed by atoms with Crippen LogP contribution in [0.15, 0.2) is 24.3 Å². The van der Waals surface area contributed by atoms with E-state index in [-0.39, 0.29) is 23.7 Å². The molecule has 2 aliphatic rings. The number of carbonyl (C=O) groups excluding carboxylic acids is 2. The number of hydrogen-bond donors (Lipinski definition) is 1. The van der Waals surface area contributed by atoms with Crippen LogP contribution in [-0.4, -0.2) is 18.3 Å². The van der Waals surface area contributed by atoms with Crippen LogP contribution in [0.4, 0.5) is 5.69 Å². The average molecular weight is 301 g/mol. The molecule has 118 valence electrons. The molecule has 0 saturated heterocycles. The number of benzene rings is 1. The summed E-state index contributed by atoms with van der Waals surface area (Å²) in [6.45, 7) is 2.49. The quantitative estimate of drug-likeness (QED) is 0.927. The van der Waals surface area contributed by atoms with Gasteiger partial charge in [-0.25, -0.2) is 0 Å². The number of amides is 1. The second kappa shape index (κ2) is 6.51. The molecule has 0 radical (unpaired) electrons. The number of ketones is 1. The van der Waals surface area contributed by atoms with Gasteiger partial charge < -0.3 is 10.1 Å². The normalized spacial score (nSPS) is 27.3. The molecular formula is C18H23NO3. The minimum Gasteiger partial charge on any atom is -0.492 e. The highest BCUT2D eigenvalue weighted by atomic mass is 16.5. The zero-order chi connectivity index (χ0) is 15.5. The summed E-state index contributed by atoms with van der Waals surface area (Å²) < 4.78 is 5.55. The van der Waals surface area contributed by atoms with Gasteiger partial charge in [0.25, 0.3) is 0 Å². The summed E-state index contributed by atoms with van der Waals surface area (Å²) in [5, 5.41) is 2.99. The summed E-state index contributed by atoms with van der Waals surface area (Å²) in [5.74, 6) is 1.27. The zero-order valence-electron chi connectivity index (χ0n) is 13.0. The van der Waals surface area contributed by atoms with Crippen molar-refractivity contribution >= 4 is 17.4 Å². The Morgan fingerprint density at radius 3 is 2.59 bits per heavy atom. The number of Topliss-reactive ketones (excluding diaryl/α,β-unsaturated/α-hetero) is 1. The Kier molecular flexibility index (Phi) is 4.46. The number of ether oxygens (including phenoxy) is 1. The van der Waals surface area contributed by atoms with Crippen LogP contribution in [0.25, 0.3) is 0 Å². The van der Waals surface area contributed by atoms with Crippen molar-refractivity contribution in [1.82, 2.24) is 0 Å². The smallest absolute Gasteiger partial charge is 0.227 e. The van der Waals surface area contributed by atoms with E-state index in [0.717, 1.165) is 24.9 Å². The second-order valence-electron chi connectivity index (χ2n) is 6.31. The van der Waals surface area contributed by atoms with Gasteiger partial charge in [-0.2, -0.15) is 0 Å². The Balaban J connectivity index is 1.69. The first-order chi connectivity index (χ1) is 10.7. The molecule has 0 unspecified atom stereocenters. The number of carbonyl (C=O) groups is 2. The van der Waals surface area contributed by atoms with Gasteiger partial charge >= 0.3 is 0 Å². The molecule has 0 aromatic heterocycles.